The SMILES string of the molecule is Cc1cc2nc(OCC3CC3C3COc4ccc(-c5c(C(OC(C)(C)C)C(=O)O)c(C)cc6nc(C(C)O)ccc56)c5nccc3c45)ccc2c(-c2ccc3c4c(ccnc24)CCO3)c1C(OC(C)(C)C)C(=O)O. The molecule has 0 saturated heterocycles. The van der Waals surface area contributed by atoms with E-state index in [4.69, 9.17) is 43.6 Å². The maximum atomic E-state index is 13.2. The molecule has 1 aliphatic carbocycles. The number of aliphatic carboxylic acids is 2. The summed E-state index contributed by atoms with van der Waals surface area (Å²) in [5, 5.41) is 35.3. The van der Waals surface area contributed by atoms with E-state index in [0.29, 0.717) is 92.5 Å². The Bertz CT molecular complexity index is 3610. The highest BCUT2D eigenvalue weighted by Gasteiger charge is 2.46. The lowest BCUT2D eigenvalue weighted by Crippen LogP contribution is -2.28. The van der Waals surface area contributed by atoms with Gasteiger partial charge in [-0.05, 0) is 175 Å². The number of fused-ring (bicyclic) bond motifs is 2. The van der Waals surface area contributed by atoms with Gasteiger partial charge in [-0.25, -0.2) is 14.6 Å². The number of pyridine rings is 4. The fraction of sp³-hybridized carbons (Fsp3) is 0.367. The van der Waals surface area contributed by atoms with Crippen molar-refractivity contribution < 1.29 is 48.6 Å². The van der Waals surface area contributed by atoms with Gasteiger partial charge in [-0.3, -0.25) is 15.0 Å². The second-order valence-electron chi connectivity index (χ2n) is 22.1. The third-order valence-electron chi connectivity index (χ3n) is 14.6. The first-order chi connectivity index (χ1) is 35.2. The minimum absolute atomic E-state index is 0.0311. The molecule has 380 valence electrons. The zero-order valence-electron chi connectivity index (χ0n) is 43.1. The summed E-state index contributed by atoms with van der Waals surface area (Å²) in [5.74, 6) is 0.187. The molecule has 6 unspecified atom stereocenters. The zero-order chi connectivity index (χ0) is 52.1. The summed E-state index contributed by atoms with van der Waals surface area (Å²) < 4.78 is 31.8. The van der Waals surface area contributed by atoms with Gasteiger partial charge < -0.3 is 39.0 Å². The van der Waals surface area contributed by atoms with Crippen LogP contribution in [0, 0.1) is 25.7 Å². The summed E-state index contributed by atoms with van der Waals surface area (Å²) in [6, 6.07) is 23.1. The molecule has 3 N–H and O–H groups in total. The number of aromatic nitrogens is 4. The number of aryl methyl sites for hydroxylation is 2. The average Bonchev–Trinajstić information content (AvgIpc) is 4.13. The molecule has 2 aliphatic heterocycles. The van der Waals surface area contributed by atoms with Crippen LogP contribution in [0.5, 0.6) is 17.4 Å². The van der Waals surface area contributed by atoms with Crippen molar-refractivity contribution >= 4 is 55.6 Å². The van der Waals surface area contributed by atoms with E-state index < -0.39 is 41.5 Å². The van der Waals surface area contributed by atoms with E-state index in [1.165, 1.54) is 0 Å². The molecule has 3 aliphatic rings. The summed E-state index contributed by atoms with van der Waals surface area (Å²) in [6.45, 7) is 18.0. The van der Waals surface area contributed by atoms with Gasteiger partial charge in [-0.2, -0.15) is 0 Å². The van der Waals surface area contributed by atoms with Crippen LogP contribution < -0.4 is 14.2 Å². The molecule has 4 aromatic heterocycles. The zero-order valence-corrected chi connectivity index (χ0v) is 43.1. The Morgan fingerprint density at radius 2 is 1.28 bits per heavy atom. The quantitative estimate of drug-likeness (QED) is 0.0988. The minimum atomic E-state index is -1.30. The Morgan fingerprint density at radius 1 is 0.716 bits per heavy atom. The summed E-state index contributed by atoms with van der Waals surface area (Å²) in [5.41, 5.74) is 9.18. The topological polar surface area (TPSA) is 193 Å². The van der Waals surface area contributed by atoms with Crippen LogP contribution >= 0.6 is 0 Å². The molecule has 14 nitrogen and oxygen atoms in total. The Labute approximate surface area is 428 Å². The fourth-order valence-corrected chi connectivity index (χ4v) is 11.3. The number of aliphatic hydroxyl groups is 1. The molecule has 11 rings (SSSR count). The Balaban J connectivity index is 0.932. The highest BCUT2D eigenvalue weighted by atomic mass is 16.5. The first-order valence-corrected chi connectivity index (χ1v) is 25.3. The number of aliphatic hydroxyl groups excluding tert-OH is 1. The predicted octanol–water partition coefficient (Wildman–Crippen LogP) is 11.9. The number of hydrogen-bond acceptors (Lipinski definition) is 12. The Kier molecular flexibility index (Phi) is 12.1. The monoisotopic (exact) mass is 996 g/mol. The molecule has 6 atom stereocenters. The third-order valence-corrected chi connectivity index (χ3v) is 14.6. The van der Waals surface area contributed by atoms with Crippen molar-refractivity contribution in [3.05, 3.63) is 124 Å². The van der Waals surface area contributed by atoms with Crippen LogP contribution in [-0.4, -0.2) is 78.2 Å². The molecule has 74 heavy (non-hydrogen) atoms. The van der Waals surface area contributed by atoms with E-state index >= 15 is 0 Å². The molecule has 14 heteroatoms. The maximum absolute atomic E-state index is 13.2. The molecule has 6 heterocycles. The summed E-state index contributed by atoms with van der Waals surface area (Å²) in [7, 11) is 0. The molecule has 0 bridgehead atoms. The summed E-state index contributed by atoms with van der Waals surface area (Å²) in [4.78, 5) is 46.1. The molecule has 0 amide bonds. The van der Waals surface area contributed by atoms with Gasteiger partial charge in [0.2, 0.25) is 5.88 Å². The van der Waals surface area contributed by atoms with E-state index in [9.17, 15) is 24.9 Å². The van der Waals surface area contributed by atoms with Crippen LogP contribution in [0.25, 0.3) is 65.9 Å². The van der Waals surface area contributed by atoms with Gasteiger partial charge in [0.05, 0.1) is 64.9 Å². The normalized spacial score (nSPS) is 18.5. The molecule has 8 aromatic rings. The van der Waals surface area contributed by atoms with Gasteiger partial charge in [0.15, 0.2) is 12.2 Å². The van der Waals surface area contributed by atoms with Gasteiger partial charge in [-0.1, -0.05) is 6.07 Å². The number of hydrogen-bond donors (Lipinski definition) is 3. The van der Waals surface area contributed by atoms with Crippen molar-refractivity contribution in [2.75, 3.05) is 19.8 Å². The van der Waals surface area contributed by atoms with Crippen molar-refractivity contribution in [1.82, 2.24) is 19.9 Å². The number of carboxylic acids is 2. The van der Waals surface area contributed by atoms with Crippen LogP contribution in [0.1, 0.15) is 118 Å². The molecule has 1 saturated carbocycles. The Morgan fingerprint density at radius 3 is 1.88 bits per heavy atom. The van der Waals surface area contributed by atoms with Gasteiger partial charge in [0, 0.05) is 74.6 Å². The molecular weight excluding hydrogens is 937 g/mol. The molecule has 4 aromatic carbocycles. The Hall–Kier alpha value is -7.26. The van der Waals surface area contributed by atoms with E-state index in [2.05, 4.69) is 6.07 Å². The van der Waals surface area contributed by atoms with Gasteiger partial charge >= 0.3 is 11.9 Å². The lowest BCUT2D eigenvalue weighted by atomic mass is 9.84. The number of nitrogens with zero attached hydrogens (tertiary/aromatic N) is 4. The van der Waals surface area contributed by atoms with Crippen LogP contribution in [0.3, 0.4) is 0 Å². The highest BCUT2D eigenvalue weighted by Crippen LogP contribution is 2.54. The minimum Gasteiger partial charge on any atom is -0.493 e. The predicted molar refractivity (Wildman–Crippen MR) is 282 cm³/mol. The van der Waals surface area contributed by atoms with Crippen molar-refractivity contribution in [3.8, 4) is 39.6 Å². The number of rotatable bonds is 13. The van der Waals surface area contributed by atoms with Crippen molar-refractivity contribution in [2.45, 2.75) is 111 Å². The van der Waals surface area contributed by atoms with E-state index in [1.54, 1.807) is 19.2 Å². The van der Waals surface area contributed by atoms with Gasteiger partial charge in [0.1, 0.15) is 11.5 Å². The molecular formula is C60H60N4O10. The standard InChI is InChI=1S/C60H60N4O10/c1-29-24-42-35(10-14-41(63-42)31(3)65)50(47(29)55(57(66)67)73-59(4,5)6)38-12-16-45-52-34(19-22-62-54(38)52)40(28-71-45)39-26-33(39)27-72-46-17-13-36-43(64-46)25-30(2)48(56(58(68)69)74-60(7,8)9)51(36)37-11-15-44-49-32(20-23-70-44)18-21-61-53(37)49/h10-19,21-22,24-25,31,33,39-40,55-56,65H,20,23,26-28H2,1-9H3,(H,66,67)(H,68,69). The second kappa shape index (κ2) is 18.3. The molecule has 0 radical (unpaired) electrons. The van der Waals surface area contributed by atoms with Crippen LogP contribution in [0.15, 0.2) is 85.2 Å². The number of carbonyl (C=O) groups is 2. The van der Waals surface area contributed by atoms with Crippen LogP contribution in [-0.2, 0) is 25.5 Å². The maximum Gasteiger partial charge on any atom is 0.337 e. The van der Waals surface area contributed by atoms with Crippen LogP contribution in [0.2, 0.25) is 0 Å². The van der Waals surface area contributed by atoms with E-state index in [1.807, 2.05) is 122 Å². The van der Waals surface area contributed by atoms with Crippen molar-refractivity contribution in [1.29, 1.82) is 0 Å². The molecule has 1 fully saturated rings. The first kappa shape index (κ1) is 49.0. The smallest absolute Gasteiger partial charge is 0.337 e. The highest BCUT2D eigenvalue weighted by molar-refractivity contribution is 6.10. The fourth-order valence-electron chi connectivity index (χ4n) is 11.3. The summed E-state index contributed by atoms with van der Waals surface area (Å²) >= 11 is 0. The molecule has 0 spiro atoms. The summed E-state index contributed by atoms with van der Waals surface area (Å²) in [6.07, 6.45) is 1.90. The number of carboxylic acid groups (broad SMARTS) is 2. The van der Waals surface area contributed by atoms with E-state index in [0.717, 1.165) is 62.5 Å². The lowest BCUT2D eigenvalue weighted by Gasteiger charge is -2.30. The second-order valence-corrected chi connectivity index (χ2v) is 22.1. The lowest BCUT2D eigenvalue weighted by molar-refractivity contribution is -0.161. The number of ether oxygens (including phenoxy) is 5. The number of benzene rings is 4. The van der Waals surface area contributed by atoms with Crippen LogP contribution in [0.4, 0.5) is 0 Å². The van der Waals surface area contributed by atoms with Gasteiger partial charge in [0.25, 0.3) is 0 Å². The van der Waals surface area contributed by atoms with Gasteiger partial charge in [-0.15, -0.1) is 0 Å². The largest absolute Gasteiger partial charge is 0.493 e. The van der Waals surface area contributed by atoms with E-state index in [-0.39, 0.29) is 17.8 Å². The van der Waals surface area contributed by atoms with Crippen molar-refractivity contribution in [3.63, 3.8) is 0 Å². The average molecular weight is 997 g/mol. The third kappa shape index (κ3) is 8.81. The first-order valence-electron chi connectivity index (χ1n) is 25.3. The van der Waals surface area contributed by atoms with Crippen molar-refractivity contribution in [2.24, 2.45) is 11.8 Å².